The zero-order valence-corrected chi connectivity index (χ0v) is 13.4. The molecule has 1 atom stereocenters. The summed E-state index contributed by atoms with van der Waals surface area (Å²) in [4.78, 5) is 28.3. The van der Waals surface area contributed by atoms with Crippen LogP contribution in [0.3, 0.4) is 0 Å². The van der Waals surface area contributed by atoms with E-state index in [1.807, 2.05) is 0 Å². The molecule has 0 saturated carbocycles. The number of hydrogen-bond acceptors (Lipinski definition) is 3. The Morgan fingerprint density at radius 3 is 2.77 bits per heavy atom. The van der Waals surface area contributed by atoms with Gasteiger partial charge in [0.25, 0.3) is 0 Å². The van der Waals surface area contributed by atoms with Crippen molar-refractivity contribution in [3.8, 4) is 0 Å². The monoisotopic (exact) mass is 366 g/mol. The number of nitrogens with one attached hydrogen (secondary N) is 1. The molecule has 1 N–H and O–H groups in total. The lowest BCUT2D eigenvalue weighted by Crippen LogP contribution is -2.33. The van der Waals surface area contributed by atoms with Crippen LogP contribution in [-0.2, 0) is 17.5 Å². The largest absolute Gasteiger partial charge is 0.416 e. The number of carbonyl (C=O) groups excluding carboxylic acids is 2. The highest BCUT2D eigenvalue weighted by Gasteiger charge is 2.35. The van der Waals surface area contributed by atoms with Gasteiger partial charge in [-0.15, -0.1) is 0 Å². The molecule has 0 fully saturated rings. The van der Waals surface area contributed by atoms with Gasteiger partial charge in [0.1, 0.15) is 11.5 Å². The Morgan fingerprint density at radius 2 is 2.04 bits per heavy atom. The van der Waals surface area contributed by atoms with E-state index in [9.17, 15) is 27.2 Å². The number of Topliss-reactive ketones (excluding diaryl/α,β-unsaturated/α-hetero) is 1. The van der Waals surface area contributed by atoms with E-state index in [0.717, 1.165) is 12.1 Å². The Bertz CT molecular complexity index is 865. The Labute approximate surface area is 146 Å². The maximum Gasteiger partial charge on any atom is 0.416 e. The van der Waals surface area contributed by atoms with E-state index < -0.39 is 35.9 Å². The minimum atomic E-state index is -4.73. The van der Waals surface area contributed by atoms with Gasteiger partial charge in [0.05, 0.1) is 11.5 Å². The third-order valence-electron chi connectivity index (χ3n) is 4.29. The van der Waals surface area contributed by atoms with Crippen LogP contribution in [0.4, 0.5) is 17.6 Å². The van der Waals surface area contributed by atoms with Crippen molar-refractivity contribution in [3.63, 3.8) is 0 Å². The zero-order chi connectivity index (χ0) is 18.9. The Balaban J connectivity index is 1.79. The molecule has 0 spiro atoms. The smallest absolute Gasteiger partial charge is 0.351 e. The number of hydrogen-bond donors (Lipinski definition) is 1. The third kappa shape index (κ3) is 3.58. The number of aromatic nitrogens is 1. The number of nitrogens with zero attached hydrogens (tertiary/aromatic N) is 1. The van der Waals surface area contributed by atoms with E-state index in [0.29, 0.717) is 11.6 Å². The topological polar surface area (TPSA) is 59.1 Å². The van der Waals surface area contributed by atoms with Crippen molar-refractivity contribution in [3.05, 3.63) is 64.7 Å². The molecule has 1 heterocycles. The number of fused-ring (bicyclic) bond motifs is 1. The van der Waals surface area contributed by atoms with E-state index in [4.69, 9.17) is 0 Å². The van der Waals surface area contributed by atoms with Crippen molar-refractivity contribution in [2.45, 2.75) is 31.5 Å². The van der Waals surface area contributed by atoms with Gasteiger partial charge < -0.3 is 5.32 Å². The molecule has 1 aliphatic rings. The number of amides is 1. The van der Waals surface area contributed by atoms with Crippen LogP contribution in [0.5, 0.6) is 0 Å². The number of alkyl halides is 3. The van der Waals surface area contributed by atoms with Gasteiger partial charge in [0.2, 0.25) is 5.91 Å². The Hall–Kier alpha value is -2.77. The first kappa shape index (κ1) is 18.0. The van der Waals surface area contributed by atoms with Crippen LogP contribution < -0.4 is 5.32 Å². The summed E-state index contributed by atoms with van der Waals surface area (Å²) >= 11 is 0. The van der Waals surface area contributed by atoms with Crippen molar-refractivity contribution < 1.29 is 27.2 Å². The van der Waals surface area contributed by atoms with E-state index in [1.54, 1.807) is 12.1 Å². The fourth-order valence-electron chi connectivity index (χ4n) is 3.03. The molecular weight excluding hydrogens is 352 g/mol. The summed E-state index contributed by atoms with van der Waals surface area (Å²) < 4.78 is 52.2. The van der Waals surface area contributed by atoms with Gasteiger partial charge in [0.15, 0.2) is 5.78 Å². The van der Waals surface area contributed by atoms with Crippen molar-refractivity contribution in [2.24, 2.45) is 0 Å². The van der Waals surface area contributed by atoms with Crippen molar-refractivity contribution >= 4 is 11.7 Å². The molecule has 1 amide bonds. The van der Waals surface area contributed by atoms with E-state index in [-0.39, 0.29) is 29.9 Å². The molecule has 2 aromatic rings. The SMILES string of the molecule is O=C1CCC(C(=O)NCc2ccc(F)cc2C(F)(F)F)c2cccnc21. The van der Waals surface area contributed by atoms with E-state index >= 15 is 0 Å². The molecule has 0 saturated heterocycles. The molecule has 0 bridgehead atoms. The van der Waals surface area contributed by atoms with Crippen LogP contribution >= 0.6 is 0 Å². The lowest BCUT2D eigenvalue weighted by atomic mass is 9.84. The van der Waals surface area contributed by atoms with E-state index in [2.05, 4.69) is 10.3 Å². The van der Waals surface area contributed by atoms with Gasteiger partial charge >= 0.3 is 6.18 Å². The summed E-state index contributed by atoms with van der Waals surface area (Å²) in [6.07, 6.45) is -2.87. The number of halogens is 4. The minimum Gasteiger partial charge on any atom is -0.351 e. The van der Waals surface area contributed by atoms with Crippen LogP contribution in [-0.4, -0.2) is 16.7 Å². The minimum absolute atomic E-state index is 0.145. The number of pyridine rings is 1. The molecule has 0 radical (unpaired) electrons. The molecular formula is C18H14F4N2O2. The zero-order valence-electron chi connectivity index (χ0n) is 13.4. The van der Waals surface area contributed by atoms with Crippen LogP contribution in [0.2, 0.25) is 0 Å². The predicted molar refractivity (Wildman–Crippen MR) is 83.8 cm³/mol. The number of carbonyl (C=O) groups is 2. The second-order valence-corrected chi connectivity index (χ2v) is 5.97. The number of benzene rings is 1. The second-order valence-electron chi connectivity index (χ2n) is 5.97. The van der Waals surface area contributed by atoms with Crippen molar-refractivity contribution in [1.29, 1.82) is 0 Å². The van der Waals surface area contributed by atoms with Gasteiger partial charge in [-0.2, -0.15) is 13.2 Å². The summed E-state index contributed by atoms with van der Waals surface area (Å²) in [6.45, 7) is -0.395. The molecule has 136 valence electrons. The third-order valence-corrected chi connectivity index (χ3v) is 4.29. The maximum atomic E-state index is 13.1. The molecule has 8 heteroatoms. The maximum absolute atomic E-state index is 13.1. The lowest BCUT2D eigenvalue weighted by molar-refractivity contribution is -0.138. The van der Waals surface area contributed by atoms with Crippen LogP contribution in [0.15, 0.2) is 36.5 Å². The van der Waals surface area contributed by atoms with Crippen molar-refractivity contribution in [2.75, 3.05) is 0 Å². The molecule has 0 aliphatic heterocycles. The summed E-state index contributed by atoms with van der Waals surface area (Å²) in [6, 6.07) is 5.52. The first-order valence-electron chi connectivity index (χ1n) is 7.89. The summed E-state index contributed by atoms with van der Waals surface area (Å²) in [5, 5.41) is 2.46. The summed E-state index contributed by atoms with van der Waals surface area (Å²) in [7, 11) is 0. The molecule has 3 rings (SSSR count). The summed E-state index contributed by atoms with van der Waals surface area (Å²) in [5.74, 6) is -2.32. The first-order valence-corrected chi connectivity index (χ1v) is 7.89. The van der Waals surface area contributed by atoms with Gasteiger partial charge in [-0.05, 0) is 35.7 Å². The van der Waals surface area contributed by atoms with E-state index in [1.165, 1.54) is 6.20 Å². The van der Waals surface area contributed by atoms with Gasteiger partial charge in [-0.25, -0.2) is 4.39 Å². The fourth-order valence-corrected chi connectivity index (χ4v) is 3.03. The summed E-state index contributed by atoms with van der Waals surface area (Å²) in [5.41, 5.74) is -0.669. The molecule has 26 heavy (non-hydrogen) atoms. The van der Waals surface area contributed by atoms with Gasteiger partial charge in [-0.3, -0.25) is 14.6 Å². The highest BCUT2D eigenvalue weighted by atomic mass is 19.4. The highest BCUT2D eigenvalue weighted by Crippen LogP contribution is 2.33. The van der Waals surface area contributed by atoms with Crippen LogP contribution in [0.1, 0.15) is 45.9 Å². The van der Waals surface area contributed by atoms with Gasteiger partial charge in [0, 0.05) is 19.2 Å². The Kier molecular flexibility index (Phi) is 4.76. The molecule has 1 aromatic heterocycles. The predicted octanol–water partition coefficient (Wildman–Crippen LogP) is 3.62. The van der Waals surface area contributed by atoms with Crippen LogP contribution in [0, 0.1) is 5.82 Å². The van der Waals surface area contributed by atoms with Crippen LogP contribution in [0.25, 0.3) is 0 Å². The fraction of sp³-hybridized carbons (Fsp3) is 0.278. The van der Waals surface area contributed by atoms with Crippen molar-refractivity contribution in [1.82, 2.24) is 10.3 Å². The molecule has 1 unspecified atom stereocenters. The average Bonchev–Trinajstić information content (AvgIpc) is 2.60. The average molecular weight is 366 g/mol. The number of rotatable bonds is 3. The second kappa shape index (κ2) is 6.86. The Morgan fingerprint density at radius 1 is 1.27 bits per heavy atom. The number of ketones is 1. The molecule has 4 nitrogen and oxygen atoms in total. The first-order chi connectivity index (χ1) is 12.3. The molecule has 1 aliphatic carbocycles. The normalized spacial score (nSPS) is 16.9. The molecule has 1 aromatic carbocycles. The standard InChI is InChI=1S/C18H14F4N2O2/c19-11-4-3-10(14(8-11)18(20,21)22)9-24-17(26)13-5-6-15(25)16-12(13)2-1-7-23-16/h1-4,7-8,13H,5-6,9H2,(H,24,26). The quantitative estimate of drug-likeness (QED) is 0.845. The lowest BCUT2D eigenvalue weighted by Gasteiger charge is -2.23. The van der Waals surface area contributed by atoms with Gasteiger partial charge in [-0.1, -0.05) is 12.1 Å². The highest BCUT2D eigenvalue weighted by molar-refractivity contribution is 6.00.